The first kappa shape index (κ1) is 24.7. The Kier molecular flexibility index (Phi) is 9.39. The molecule has 0 spiro atoms. The van der Waals surface area contributed by atoms with Crippen molar-refractivity contribution in [2.45, 2.75) is 13.2 Å². The van der Waals surface area contributed by atoms with Gasteiger partial charge in [0.15, 0.2) is 0 Å². The minimum absolute atomic E-state index is 0.449. The van der Waals surface area contributed by atoms with Gasteiger partial charge in [-0.05, 0) is 67.3 Å². The Morgan fingerprint density at radius 2 is 0.882 bits per heavy atom. The number of rotatable bonds is 12. The molecule has 0 aromatic heterocycles. The third kappa shape index (κ3) is 6.83. The number of ether oxygens (including phenoxy) is 4. The first-order valence-corrected chi connectivity index (χ1v) is 12.7. The second-order valence-electron chi connectivity index (χ2n) is 7.62. The standard InChI is InChI=1S/C28H26Br2O4/c29-25-13-12-24-23(27(25)33-17-15-31-19-21-7-3-1-4-8-21)11-14-26(30)28(24)34-18-16-32-20-22-9-5-2-6-10-22/h1-14H,15-20H2. The van der Waals surface area contributed by atoms with Crippen LogP contribution in [0.1, 0.15) is 11.1 Å². The second-order valence-corrected chi connectivity index (χ2v) is 9.33. The van der Waals surface area contributed by atoms with Crippen molar-refractivity contribution in [1.29, 1.82) is 0 Å². The lowest BCUT2D eigenvalue weighted by atomic mass is 10.1. The Bertz CT molecular complexity index is 1090. The summed E-state index contributed by atoms with van der Waals surface area (Å²) in [7, 11) is 0. The Balaban J connectivity index is 1.34. The molecule has 0 N–H and O–H groups in total. The lowest BCUT2D eigenvalue weighted by Gasteiger charge is -2.16. The number of hydrogen-bond acceptors (Lipinski definition) is 4. The third-order valence-corrected chi connectivity index (χ3v) is 6.43. The molecule has 0 saturated carbocycles. The molecule has 0 aliphatic heterocycles. The molecule has 34 heavy (non-hydrogen) atoms. The molecule has 0 aliphatic rings. The maximum absolute atomic E-state index is 6.11. The third-order valence-electron chi connectivity index (χ3n) is 5.18. The van der Waals surface area contributed by atoms with E-state index in [2.05, 4.69) is 31.9 Å². The molecule has 0 amide bonds. The fourth-order valence-corrected chi connectivity index (χ4v) is 4.44. The maximum Gasteiger partial charge on any atom is 0.141 e. The van der Waals surface area contributed by atoms with Gasteiger partial charge in [-0.15, -0.1) is 0 Å². The van der Waals surface area contributed by atoms with Gasteiger partial charge in [-0.2, -0.15) is 0 Å². The average Bonchev–Trinajstić information content (AvgIpc) is 2.87. The highest BCUT2D eigenvalue weighted by Gasteiger charge is 2.14. The molecule has 0 unspecified atom stereocenters. The summed E-state index contributed by atoms with van der Waals surface area (Å²) in [5.74, 6) is 1.55. The van der Waals surface area contributed by atoms with Gasteiger partial charge >= 0.3 is 0 Å². The lowest BCUT2D eigenvalue weighted by Crippen LogP contribution is -2.08. The number of hydrogen-bond donors (Lipinski definition) is 0. The maximum atomic E-state index is 6.11. The fraction of sp³-hybridized carbons (Fsp3) is 0.214. The minimum Gasteiger partial charge on any atom is -0.489 e. The summed E-state index contributed by atoms with van der Waals surface area (Å²) in [6.45, 7) is 3.03. The molecule has 4 aromatic carbocycles. The highest BCUT2D eigenvalue weighted by atomic mass is 79.9. The molecule has 0 heterocycles. The van der Waals surface area contributed by atoms with E-state index >= 15 is 0 Å². The van der Waals surface area contributed by atoms with E-state index in [0.717, 1.165) is 42.3 Å². The molecular weight excluding hydrogens is 560 g/mol. The van der Waals surface area contributed by atoms with Crippen LogP contribution >= 0.6 is 31.9 Å². The number of benzene rings is 4. The van der Waals surface area contributed by atoms with E-state index in [1.807, 2.05) is 84.9 Å². The molecule has 4 rings (SSSR count). The first-order valence-electron chi connectivity index (χ1n) is 11.1. The monoisotopic (exact) mass is 584 g/mol. The van der Waals surface area contributed by atoms with Crippen molar-refractivity contribution < 1.29 is 18.9 Å². The summed E-state index contributed by atoms with van der Waals surface area (Å²) in [4.78, 5) is 0. The van der Waals surface area contributed by atoms with Gasteiger partial charge in [-0.1, -0.05) is 60.7 Å². The van der Waals surface area contributed by atoms with E-state index < -0.39 is 0 Å². The summed E-state index contributed by atoms with van der Waals surface area (Å²) in [5, 5.41) is 1.95. The van der Waals surface area contributed by atoms with Crippen LogP contribution < -0.4 is 9.47 Å². The summed E-state index contributed by atoms with van der Waals surface area (Å²) < 4.78 is 25.5. The smallest absolute Gasteiger partial charge is 0.141 e. The van der Waals surface area contributed by atoms with E-state index in [-0.39, 0.29) is 0 Å². The van der Waals surface area contributed by atoms with E-state index in [0.29, 0.717) is 39.6 Å². The molecular formula is C28H26Br2O4. The van der Waals surface area contributed by atoms with E-state index in [1.54, 1.807) is 0 Å². The Hall–Kier alpha value is -2.38. The molecule has 176 valence electrons. The molecule has 4 nitrogen and oxygen atoms in total. The first-order chi connectivity index (χ1) is 16.7. The van der Waals surface area contributed by atoms with E-state index in [4.69, 9.17) is 18.9 Å². The molecule has 0 saturated heterocycles. The fourth-order valence-electron chi connectivity index (χ4n) is 3.52. The van der Waals surface area contributed by atoms with Crippen molar-refractivity contribution in [2.75, 3.05) is 26.4 Å². The van der Waals surface area contributed by atoms with Crippen LogP contribution in [0.5, 0.6) is 11.5 Å². The van der Waals surface area contributed by atoms with E-state index in [1.165, 1.54) is 0 Å². The Morgan fingerprint density at radius 3 is 1.29 bits per heavy atom. The highest BCUT2D eigenvalue weighted by molar-refractivity contribution is 9.11. The largest absolute Gasteiger partial charge is 0.489 e. The van der Waals surface area contributed by atoms with Crippen LogP contribution in [0, 0.1) is 0 Å². The van der Waals surface area contributed by atoms with Crippen LogP contribution in [-0.4, -0.2) is 26.4 Å². The zero-order chi connectivity index (χ0) is 23.6. The zero-order valence-electron chi connectivity index (χ0n) is 18.7. The van der Waals surface area contributed by atoms with Crippen LogP contribution in [0.4, 0.5) is 0 Å². The van der Waals surface area contributed by atoms with Gasteiger partial charge < -0.3 is 18.9 Å². The molecule has 0 aliphatic carbocycles. The van der Waals surface area contributed by atoms with Gasteiger partial charge in [-0.3, -0.25) is 0 Å². The van der Waals surface area contributed by atoms with Crippen molar-refractivity contribution in [3.63, 3.8) is 0 Å². The molecule has 0 radical (unpaired) electrons. The predicted molar refractivity (Wildman–Crippen MR) is 143 cm³/mol. The number of fused-ring (bicyclic) bond motifs is 1. The normalized spacial score (nSPS) is 11.0. The van der Waals surface area contributed by atoms with Crippen molar-refractivity contribution in [1.82, 2.24) is 0 Å². The van der Waals surface area contributed by atoms with Gasteiger partial charge in [-0.25, -0.2) is 0 Å². The van der Waals surface area contributed by atoms with Crippen molar-refractivity contribution >= 4 is 42.6 Å². The zero-order valence-corrected chi connectivity index (χ0v) is 21.9. The molecule has 0 bridgehead atoms. The Morgan fingerprint density at radius 1 is 0.471 bits per heavy atom. The van der Waals surface area contributed by atoms with Gasteiger partial charge in [0.2, 0.25) is 0 Å². The van der Waals surface area contributed by atoms with Crippen molar-refractivity contribution in [2.24, 2.45) is 0 Å². The van der Waals surface area contributed by atoms with Crippen LogP contribution in [0.2, 0.25) is 0 Å². The second kappa shape index (κ2) is 12.9. The SMILES string of the molecule is Brc1ccc2c(OCCOCc3ccccc3)c(Br)ccc2c1OCCOCc1ccccc1. The minimum atomic E-state index is 0.449. The average molecular weight is 586 g/mol. The summed E-state index contributed by atoms with van der Waals surface area (Å²) in [5.41, 5.74) is 2.29. The molecule has 0 fully saturated rings. The van der Waals surface area contributed by atoms with Crippen molar-refractivity contribution in [3.05, 3.63) is 105 Å². The van der Waals surface area contributed by atoms with Gasteiger partial charge in [0.05, 0.1) is 35.4 Å². The van der Waals surface area contributed by atoms with Gasteiger partial charge in [0, 0.05) is 10.8 Å². The topological polar surface area (TPSA) is 36.9 Å². The Labute approximate surface area is 217 Å². The summed E-state index contributed by atoms with van der Waals surface area (Å²) in [6.07, 6.45) is 0. The quantitative estimate of drug-likeness (QED) is 0.161. The summed E-state index contributed by atoms with van der Waals surface area (Å²) >= 11 is 7.25. The highest BCUT2D eigenvalue weighted by Crippen LogP contribution is 2.41. The molecule has 0 atom stereocenters. The van der Waals surface area contributed by atoms with E-state index in [9.17, 15) is 0 Å². The van der Waals surface area contributed by atoms with Crippen LogP contribution in [-0.2, 0) is 22.7 Å². The van der Waals surface area contributed by atoms with Crippen LogP contribution in [0.3, 0.4) is 0 Å². The van der Waals surface area contributed by atoms with Crippen LogP contribution in [0.15, 0.2) is 93.9 Å². The van der Waals surface area contributed by atoms with Gasteiger partial charge in [0.25, 0.3) is 0 Å². The van der Waals surface area contributed by atoms with Crippen molar-refractivity contribution in [3.8, 4) is 11.5 Å². The predicted octanol–water partition coefficient (Wildman–Crippen LogP) is 7.56. The molecule has 4 aromatic rings. The summed E-state index contributed by atoms with van der Waals surface area (Å²) in [6, 6.07) is 28.3. The van der Waals surface area contributed by atoms with Crippen LogP contribution in [0.25, 0.3) is 10.8 Å². The van der Waals surface area contributed by atoms with Gasteiger partial charge in [0.1, 0.15) is 24.7 Å². The number of halogens is 2. The lowest BCUT2D eigenvalue weighted by molar-refractivity contribution is 0.0887. The molecule has 6 heteroatoms.